The summed E-state index contributed by atoms with van der Waals surface area (Å²) in [6.45, 7) is 2.00. The van der Waals surface area contributed by atoms with Gasteiger partial charge in [-0.3, -0.25) is 4.84 Å². The quantitative estimate of drug-likeness (QED) is 0.512. The van der Waals surface area contributed by atoms with E-state index in [0.29, 0.717) is 12.5 Å². The summed E-state index contributed by atoms with van der Waals surface area (Å²) in [5.74, 6) is -0.291. The van der Waals surface area contributed by atoms with E-state index in [0.717, 1.165) is 0 Å². The van der Waals surface area contributed by atoms with Crippen molar-refractivity contribution >= 4 is 5.97 Å². The molecule has 0 aromatic rings. The maximum Gasteiger partial charge on any atom is 0.337 e. The van der Waals surface area contributed by atoms with Crippen LogP contribution in [-0.4, -0.2) is 37.3 Å². The standard InChI is InChI=1S/C7H13NO3/c1-5-4-6(7(9)10-3)11-8(5)2/h5-6H,4H2,1-3H3/t5?,6-/m1/s1. The smallest absolute Gasteiger partial charge is 0.337 e. The Hall–Kier alpha value is -0.610. The summed E-state index contributed by atoms with van der Waals surface area (Å²) in [5.41, 5.74) is 0. The van der Waals surface area contributed by atoms with E-state index >= 15 is 0 Å². The summed E-state index contributed by atoms with van der Waals surface area (Å²) in [6, 6.07) is 0.291. The van der Waals surface area contributed by atoms with Gasteiger partial charge in [0.1, 0.15) is 0 Å². The molecular formula is C7H13NO3. The zero-order valence-electron chi connectivity index (χ0n) is 7.03. The maximum atomic E-state index is 10.9. The molecule has 0 amide bonds. The highest BCUT2D eigenvalue weighted by Crippen LogP contribution is 2.18. The molecule has 0 aliphatic carbocycles. The third-order valence-corrected chi connectivity index (χ3v) is 1.93. The molecule has 1 saturated heterocycles. The number of hydrogen-bond donors (Lipinski definition) is 0. The number of methoxy groups -OCH3 is 1. The van der Waals surface area contributed by atoms with Crippen LogP contribution in [0.25, 0.3) is 0 Å². The molecule has 0 N–H and O–H groups in total. The minimum Gasteiger partial charge on any atom is -0.467 e. The Morgan fingerprint density at radius 1 is 1.73 bits per heavy atom. The van der Waals surface area contributed by atoms with Gasteiger partial charge in [0.25, 0.3) is 0 Å². The number of esters is 1. The highest BCUT2D eigenvalue weighted by molar-refractivity contribution is 5.74. The molecule has 0 aromatic heterocycles. The van der Waals surface area contributed by atoms with Crippen molar-refractivity contribution in [3.63, 3.8) is 0 Å². The summed E-state index contributed by atoms with van der Waals surface area (Å²) < 4.78 is 4.54. The lowest BCUT2D eigenvalue weighted by molar-refractivity contribution is -0.178. The van der Waals surface area contributed by atoms with Gasteiger partial charge in [-0.25, -0.2) is 4.79 Å². The van der Waals surface area contributed by atoms with E-state index in [1.807, 2.05) is 14.0 Å². The molecule has 1 unspecified atom stereocenters. The van der Waals surface area contributed by atoms with E-state index < -0.39 is 6.10 Å². The molecule has 0 spiro atoms. The van der Waals surface area contributed by atoms with Crippen LogP contribution in [0.1, 0.15) is 13.3 Å². The molecule has 4 heteroatoms. The van der Waals surface area contributed by atoms with Gasteiger partial charge in [-0.2, -0.15) is 5.06 Å². The molecule has 1 aliphatic heterocycles. The Balaban J connectivity index is 2.46. The molecule has 11 heavy (non-hydrogen) atoms. The maximum absolute atomic E-state index is 10.9. The summed E-state index contributed by atoms with van der Waals surface area (Å²) >= 11 is 0. The topological polar surface area (TPSA) is 38.8 Å². The third-order valence-electron chi connectivity index (χ3n) is 1.93. The predicted octanol–water partition coefficient (Wildman–Crippen LogP) is 0.184. The molecule has 1 fully saturated rings. The third kappa shape index (κ3) is 1.70. The molecule has 64 valence electrons. The fourth-order valence-electron chi connectivity index (χ4n) is 1.08. The number of hydrogen-bond acceptors (Lipinski definition) is 4. The minimum absolute atomic E-state index is 0.291. The second-order valence-electron chi connectivity index (χ2n) is 2.75. The van der Waals surface area contributed by atoms with E-state index in [2.05, 4.69) is 4.74 Å². The van der Waals surface area contributed by atoms with Crippen molar-refractivity contribution in [1.29, 1.82) is 0 Å². The second kappa shape index (κ2) is 3.19. The van der Waals surface area contributed by atoms with Crippen molar-refractivity contribution in [1.82, 2.24) is 5.06 Å². The van der Waals surface area contributed by atoms with Crippen molar-refractivity contribution in [2.75, 3.05) is 14.2 Å². The highest BCUT2D eigenvalue weighted by Gasteiger charge is 2.33. The summed E-state index contributed by atoms with van der Waals surface area (Å²) in [5, 5.41) is 1.68. The first kappa shape index (κ1) is 8.49. The average molecular weight is 159 g/mol. The fraction of sp³-hybridized carbons (Fsp3) is 0.857. The van der Waals surface area contributed by atoms with Gasteiger partial charge in [-0.15, -0.1) is 0 Å². The lowest BCUT2D eigenvalue weighted by atomic mass is 10.2. The second-order valence-corrected chi connectivity index (χ2v) is 2.75. The van der Waals surface area contributed by atoms with Gasteiger partial charge in [-0.1, -0.05) is 0 Å². The normalized spacial score (nSPS) is 32.3. The van der Waals surface area contributed by atoms with Crippen LogP contribution in [0, 0.1) is 0 Å². The molecule has 4 nitrogen and oxygen atoms in total. The molecule has 0 bridgehead atoms. The molecule has 0 saturated carbocycles. The summed E-state index contributed by atoms with van der Waals surface area (Å²) in [7, 11) is 3.18. The van der Waals surface area contributed by atoms with Gasteiger partial charge in [0, 0.05) is 19.5 Å². The Bertz CT molecular complexity index is 150. The Kier molecular flexibility index (Phi) is 2.46. The van der Waals surface area contributed by atoms with Crippen LogP contribution >= 0.6 is 0 Å². The number of ether oxygens (including phenoxy) is 1. The highest BCUT2D eigenvalue weighted by atomic mass is 16.7. The molecule has 0 radical (unpaired) electrons. The zero-order chi connectivity index (χ0) is 8.43. The van der Waals surface area contributed by atoms with Crippen LogP contribution in [0.5, 0.6) is 0 Å². The molecule has 1 rings (SSSR count). The summed E-state index contributed by atoms with van der Waals surface area (Å²) in [6.07, 6.45) is 0.309. The van der Waals surface area contributed by atoms with Crippen molar-refractivity contribution in [3.05, 3.63) is 0 Å². The minimum atomic E-state index is -0.403. The number of carbonyl (C=O) groups excluding carboxylic acids is 1. The SMILES string of the molecule is COC(=O)[C@H]1CC(C)N(C)O1. The first-order valence-electron chi connectivity index (χ1n) is 3.62. The van der Waals surface area contributed by atoms with Crippen LogP contribution in [0.3, 0.4) is 0 Å². The molecule has 1 heterocycles. The molecule has 1 aliphatic rings. The van der Waals surface area contributed by atoms with Crippen molar-refractivity contribution in [2.24, 2.45) is 0 Å². The Morgan fingerprint density at radius 3 is 2.73 bits per heavy atom. The Labute approximate surface area is 66.0 Å². The van der Waals surface area contributed by atoms with E-state index in [1.165, 1.54) is 7.11 Å². The van der Waals surface area contributed by atoms with Gasteiger partial charge < -0.3 is 4.74 Å². The zero-order valence-corrected chi connectivity index (χ0v) is 7.03. The monoisotopic (exact) mass is 159 g/mol. The molecule has 2 atom stereocenters. The van der Waals surface area contributed by atoms with Gasteiger partial charge in [-0.05, 0) is 6.92 Å². The predicted molar refractivity (Wildman–Crippen MR) is 38.7 cm³/mol. The fourth-order valence-corrected chi connectivity index (χ4v) is 1.08. The number of hydroxylamine groups is 2. The van der Waals surface area contributed by atoms with Crippen molar-refractivity contribution < 1.29 is 14.4 Å². The first-order valence-corrected chi connectivity index (χ1v) is 3.62. The van der Waals surface area contributed by atoms with Gasteiger partial charge in [0.15, 0.2) is 6.10 Å². The van der Waals surface area contributed by atoms with Gasteiger partial charge >= 0.3 is 5.97 Å². The number of carbonyl (C=O) groups is 1. The molecule has 0 aromatic carbocycles. The first-order chi connectivity index (χ1) is 5.15. The van der Waals surface area contributed by atoms with E-state index in [9.17, 15) is 4.79 Å². The lowest BCUT2D eigenvalue weighted by Gasteiger charge is -2.11. The van der Waals surface area contributed by atoms with E-state index in [1.54, 1.807) is 5.06 Å². The number of rotatable bonds is 1. The van der Waals surface area contributed by atoms with Crippen LogP contribution in [0.2, 0.25) is 0 Å². The van der Waals surface area contributed by atoms with Crippen molar-refractivity contribution in [3.8, 4) is 0 Å². The van der Waals surface area contributed by atoms with Crippen LogP contribution in [0.15, 0.2) is 0 Å². The van der Waals surface area contributed by atoms with Gasteiger partial charge in [0.2, 0.25) is 0 Å². The van der Waals surface area contributed by atoms with E-state index in [-0.39, 0.29) is 5.97 Å². The van der Waals surface area contributed by atoms with Crippen LogP contribution < -0.4 is 0 Å². The largest absolute Gasteiger partial charge is 0.467 e. The van der Waals surface area contributed by atoms with Gasteiger partial charge in [0.05, 0.1) is 7.11 Å². The van der Waals surface area contributed by atoms with Crippen LogP contribution in [-0.2, 0) is 14.4 Å². The lowest BCUT2D eigenvalue weighted by Crippen LogP contribution is -2.23. The van der Waals surface area contributed by atoms with Crippen LogP contribution in [0.4, 0.5) is 0 Å². The number of nitrogens with zero attached hydrogens (tertiary/aromatic N) is 1. The molecular weight excluding hydrogens is 146 g/mol. The Morgan fingerprint density at radius 2 is 2.36 bits per heavy atom. The van der Waals surface area contributed by atoms with E-state index in [4.69, 9.17) is 4.84 Å². The van der Waals surface area contributed by atoms with Crippen molar-refractivity contribution in [2.45, 2.75) is 25.5 Å². The average Bonchev–Trinajstić information content (AvgIpc) is 2.31. The summed E-state index contributed by atoms with van der Waals surface area (Å²) in [4.78, 5) is 16.1.